The van der Waals surface area contributed by atoms with Crippen molar-refractivity contribution in [2.24, 2.45) is 5.41 Å². The van der Waals surface area contributed by atoms with E-state index >= 15 is 0 Å². The zero-order chi connectivity index (χ0) is 13.8. The van der Waals surface area contributed by atoms with Gasteiger partial charge in [0.2, 0.25) is 0 Å². The molecule has 1 unspecified atom stereocenters. The fourth-order valence-electron chi connectivity index (χ4n) is 1.66. The first-order valence-corrected chi connectivity index (χ1v) is 5.27. The Labute approximate surface area is 101 Å². The third-order valence-electron chi connectivity index (χ3n) is 2.70. The Morgan fingerprint density at radius 3 is 2.67 bits per heavy atom. The van der Waals surface area contributed by atoms with Crippen molar-refractivity contribution in [3.63, 3.8) is 0 Å². The minimum Gasteiger partial charge on any atom is -0.480 e. The van der Waals surface area contributed by atoms with Crippen molar-refractivity contribution in [1.29, 1.82) is 0 Å². The number of carboxylic acids is 1. The van der Waals surface area contributed by atoms with Crippen molar-refractivity contribution in [2.45, 2.75) is 19.0 Å². The van der Waals surface area contributed by atoms with Crippen LogP contribution in [0.4, 0.5) is 13.2 Å². The van der Waals surface area contributed by atoms with Crippen molar-refractivity contribution < 1.29 is 37.3 Å². The molecule has 0 aliphatic carbocycles. The highest BCUT2D eigenvalue weighted by Crippen LogP contribution is 2.30. The SMILES string of the molecule is O=C(O)C1(CCOCC(F)(F)F)COCCC1=O. The first-order valence-electron chi connectivity index (χ1n) is 5.27. The van der Waals surface area contributed by atoms with E-state index in [-0.39, 0.29) is 26.1 Å². The van der Waals surface area contributed by atoms with Gasteiger partial charge in [0, 0.05) is 13.0 Å². The second-order valence-corrected chi connectivity index (χ2v) is 4.03. The zero-order valence-corrected chi connectivity index (χ0v) is 9.46. The maximum atomic E-state index is 11.8. The van der Waals surface area contributed by atoms with Gasteiger partial charge in [0.15, 0.2) is 11.2 Å². The van der Waals surface area contributed by atoms with E-state index in [1.165, 1.54) is 0 Å². The summed E-state index contributed by atoms with van der Waals surface area (Å²) in [5.74, 6) is -1.92. The Morgan fingerprint density at radius 2 is 2.17 bits per heavy atom. The number of aliphatic carboxylic acids is 1. The number of alkyl halides is 3. The van der Waals surface area contributed by atoms with E-state index in [0.717, 1.165) is 0 Å². The van der Waals surface area contributed by atoms with Crippen molar-refractivity contribution in [2.75, 3.05) is 26.4 Å². The van der Waals surface area contributed by atoms with E-state index in [4.69, 9.17) is 9.84 Å². The maximum absolute atomic E-state index is 11.8. The van der Waals surface area contributed by atoms with E-state index in [9.17, 15) is 22.8 Å². The Morgan fingerprint density at radius 1 is 1.50 bits per heavy atom. The number of carboxylic acid groups (broad SMARTS) is 1. The summed E-state index contributed by atoms with van der Waals surface area (Å²) in [4.78, 5) is 22.7. The highest BCUT2D eigenvalue weighted by Gasteiger charge is 2.47. The minimum atomic E-state index is -4.47. The summed E-state index contributed by atoms with van der Waals surface area (Å²) in [7, 11) is 0. The van der Waals surface area contributed by atoms with E-state index in [1.54, 1.807) is 0 Å². The fraction of sp³-hybridized carbons (Fsp3) is 0.800. The van der Waals surface area contributed by atoms with Gasteiger partial charge in [-0.3, -0.25) is 9.59 Å². The number of hydrogen-bond acceptors (Lipinski definition) is 4. The molecule has 0 aromatic heterocycles. The van der Waals surface area contributed by atoms with Crippen LogP contribution in [0.1, 0.15) is 12.8 Å². The summed E-state index contributed by atoms with van der Waals surface area (Å²) in [5.41, 5.74) is -1.77. The van der Waals surface area contributed by atoms with Crippen LogP contribution in [-0.2, 0) is 19.1 Å². The first kappa shape index (κ1) is 14.9. The minimum absolute atomic E-state index is 0.0500. The third-order valence-corrected chi connectivity index (χ3v) is 2.70. The smallest absolute Gasteiger partial charge is 0.411 e. The van der Waals surface area contributed by atoms with Crippen LogP contribution in [0.5, 0.6) is 0 Å². The standard InChI is InChI=1S/C10H13F3O5/c11-10(12,13)6-18-4-2-9(8(15)16)5-17-3-1-7(9)14/h1-6H2,(H,15,16). The lowest BCUT2D eigenvalue weighted by molar-refractivity contribution is -0.179. The molecule has 1 N–H and O–H groups in total. The predicted octanol–water partition coefficient (Wildman–Crippen LogP) is 1.02. The lowest BCUT2D eigenvalue weighted by Gasteiger charge is -2.31. The van der Waals surface area contributed by atoms with Crippen LogP contribution < -0.4 is 0 Å². The van der Waals surface area contributed by atoms with Gasteiger partial charge in [0.05, 0.1) is 13.2 Å². The molecule has 104 valence electrons. The van der Waals surface area contributed by atoms with E-state index in [1.807, 2.05) is 0 Å². The molecule has 0 aromatic rings. The van der Waals surface area contributed by atoms with Crippen molar-refractivity contribution in [1.82, 2.24) is 0 Å². The van der Waals surface area contributed by atoms with Crippen LogP contribution in [0.25, 0.3) is 0 Å². The van der Waals surface area contributed by atoms with Gasteiger partial charge in [0.1, 0.15) is 6.61 Å². The fourth-order valence-corrected chi connectivity index (χ4v) is 1.66. The van der Waals surface area contributed by atoms with E-state index in [2.05, 4.69) is 4.74 Å². The zero-order valence-electron chi connectivity index (χ0n) is 9.46. The maximum Gasteiger partial charge on any atom is 0.411 e. The number of hydrogen-bond donors (Lipinski definition) is 1. The molecule has 0 saturated carbocycles. The average Bonchev–Trinajstić information content (AvgIpc) is 2.25. The second-order valence-electron chi connectivity index (χ2n) is 4.03. The molecule has 1 aliphatic rings. The van der Waals surface area contributed by atoms with Crippen LogP contribution >= 0.6 is 0 Å². The molecule has 8 heteroatoms. The topological polar surface area (TPSA) is 72.8 Å². The van der Waals surface area contributed by atoms with Gasteiger partial charge in [-0.1, -0.05) is 0 Å². The van der Waals surface area contributed by atoms with Gasteiger partial charge in [0.25, 0.3) is 0 Å². The number of ether oxygens (including phenoxy) is 2. The number of rotatable bonds is 5. The summed E-state index contributed by atoms with van der Waals surface area (Å²) >= 11 is 0. The van der Waals surface area contributed by atoms with Gasteiger partial charge in [-0.15, -0.1) is 0 Å². The summed E-state index contributed by atoms with van der Waals surface area (Å²) in [5, 5.41) is 9.04. The third kappa shape index (κ3) is 3.67. The molecule has 1 saturated heterocycles. The molecule has 0 aromatic carbocycles. The van der Waals surface area contributed by atoms with Gasteiger partial charge in [-0.05, 0) is 6.42 Å². The molecule has 18 heavy (non-hydrogen) atoms. The normalized spacial score (nSPS) is 25.2. The van der Waals surface area contributed by atoms with Gasteiger partial charge in [-0.25, -0.2) is 0 Å². The highest BCUT2D eigenvalue weighted by atomic mass is 19.4. The average molecular weight is 270 g/mol. The largest absolute Gasteiger partial charge is 0.480 e. The Kier molecular flexibility index (Phi) is 4.69. The van der Waals surface area contributed by atoms with Gasteiger partial charge >= 0.3 is 12.1 Å². The molecule has 0 amide bonds. The summed E-state index contributed by atoms with van der Waals surface area (Å²) in [6.45, 7) is -2.10. The van der Waals surface area contributed by atoms with Crippen LogP contribution in [0, 0.1) is 5.41 Å². The molecule has 1 fully saturated rings. The van der Waals surface area contributed by atoms with Crippen molar-refractivity contribution >= 4 is 11.8 Å². The lowest BCUT2D eigenvalue weighted by atomic mass is 9.78. The van der Waals surface area contributed by atoms with Gasteiger partial charge in [-0.2, -0.15) is 13.2 Å². The Hall–Kier alpha value is -1.15. The molecule has 1 heterocycles. The van der Waals surface area contributed by atoms with E-state index in [0.29, 0.717) is 0 Å². The predicted molar refractivity (Wildman–Crippen MR) is 52.0 cm³/mol. The molecule has 1 aliphatic heterocycles. The first-order chi connectivity index (χ1) is 8.28. The molecule has 0 radical (unpaired) electrons. The number of carbonyl (C=O) groups excluding carboxylic acids is 1. The van der Waals surface area contributed by atoms with Crippen LogP contribution in [0.2, 0.25) is 0 Å². The monoisotopic (exact) mass is 270 g/mol. The van der Waals surface area contributed by atoms with Crippen LogP contribution in [0.15, 0.2) is 0 Å². The second kappa shape index (κ2) is 5.66. The molecule has 1 atom stereocenters. The molecular weight excluding hydrogens is 257 g/mol. The van der Waals surface area contributed by atoms with Crippen molar-refractivity contribution in [3.05, 3.63) is 0 Å². The number of ketones is 1. The quantitative estimate of drug-likeness (QED) is 0.596. The summed E-state index contributed by atoms with van der Waals surface area (Å²) in [6.07, 6.45) is -4.84. The summed E-state index contributed by atoms with van der Waals surface area (Å²) < 4.78 is 44.7. The van der Waals surface area contributed by atoms with Crippen molar-refractivity contribution in [3.8, 4) is 0 Å². The van der Waals surface area contributed by atoms with Crippen LogP contribution in [-0.4, -0.2) is 49.5 Å². The van der Waals surface area contributed by atoms with Crippen LogP contribution in [0.3, 0.4) is 0 Å². The number of halogens is 3. The van der Waals surface area contributed by atoms with Gasteiger partial charge < -0.3 is 14.6 Å². The Balaban J connectivity index is 2.53. The molecule has 5 nitrogen and oxygen atoms in total. The van der Waals surface area contributed by atoms with E-state index < -0.39 is 36.6 Å². The molecule has 0 spiro atoms. The molecular formula is C10H13F3O5. The summed E-state index contributed by atoms with van der Waals surface area (Å²) in [6, 6.07) is 0. The molecule has 0 bridgehead atoms. The number of Topliss-reactive ketones (excluding diaryl/α,β-unsaturated/α-hetero) is 1. The number of carbonyl (C=O) groups is 2. The Bertz CT molecular complexity index is 328. The highest BCUT2D eigenvalue weighted by molar-refractivity contribution is 6.03. The molecule has 1 rings (SSSR count). The lowest BCUT2D eigenvalue weighted by Crippen LogP contribution is -2.47.